The number of nitrogens with zero attached hydrogens (tertiary/aromatic N) is 2. The zero-order chi connectivity index (χ0) is 14.9. The average molecular weight is 297 g/mol. The van der Waals surface area contributed by atoms with Gasteiger partial charge in [0.15, 0.2) is 0 Å². The van der Waals surface area contributed by atoms with Crippen LogP contribution in [0.2, 0.25) is 0 Å². The van der Waals surface area contributed by atoms with Gasteiger partial charge in [-0.25, -0.2) is 4.39 Å². The second kappa shape index (κ2) is 5.69. The first-order valence-electron chi connectivity index (χ1n) is 7.98. The van der Waals surface area contributed by atoms with Crippen LogP contribution >= 0.6 is 0 Å². The first-order chi connectivity index (χ1) is 10.8. The molecule has 1 unspecified atom stereocenters. The van der Waals surface area contributed by atoms with Crippen LogP contribution in [0, 0.1) is 0 Å². The summed E-state index contributed by atoms with van der Waals surface area (Å²) in [5.74, 6) is 0. The third-order valence-electron chi connectivity index (χ3n) is 4.65. The monoisotopic (exact) mass is 297 g/mol. The van der Waals surface area contributed by atoms with Gasteiger partial charge in [-0.3, -0.25) is 4.99 Å². The molecule has 4 heteroatoms. The maximum atomic E-state index is 13.4. The minimum atomic E-state index is -0.917. The number of hydrogen-bond acceptors (Lipinski definition) is 2. The Morgan fingerprint density at radius 1 is 1.32 bits per heavy atom. The molecule has 1 atom stereocenters. The summed E-state index contributed by atoms with van der Waals surface area (Å²) in [4.78, 5) is 4.01. The van der Waals surface area contributed by atoms with E-state index in [-0.39, 0.29) is 0 Å². The number of hydrogen-bond donors (Lipinski definition) is 1. The Bertz CT molecular complexity index is 757. The Labute approximate surface area is 129 Å². The van der Waals surface area contributed by atoms with Crippen molar-refractivity contribution < 1.29 is 4.39 Å². The van der Waals surface area contributed by atoms with Crippen LogP contribution < -0.4 is 5.32 Å². The zero-order valence-electron chi connectivity index (χ0n) is 12.6. The summed E-state index contributed by atoms with van der Waals surface area (Å²) < 4.78 is 15.8. The Kier molecular flexibility index (Phi) is 3.54. The van der Waals surface area contributed by atoms with Gasteiger partial charge < -0.3 is 9.88 Å². The van der Waals surface area contributed by atoms with Crippen molar-refractivity contribution >= 4 is 17.1 Å². The number of nitrogens with one attached hydrogen (secondary N) is 1. The molecule has 0 amide bonds. The lowest BCUT2D eigenvalue weighted by Crippen LogP contribution is -2.24. The van der Waals surface area contributed by atoms with Crippen molar-refractivity contribution in [3.05, 3.63) is 47.3 Å². The lowest BCUT2D eigenvalue weighted by molar-refractivity contribution is 0.418. The van der Waals surface area contributed by atoms with Crippen LogP contribution in [0.5, 0.6) is 0 Å². The van der Waals surface area contributed by atoms with Crippen LogP contribution in [-0.2, 0) is 19.5 Å². The van der Waals surface area contributed by atoms with E-state index in [1.54, 1.807) is 0 Å². The summed E-state index contributed by atoms with van der Waals surface area (Å²) >= 11 is 0. The molecule has 3 heterocycles. The van der Waals surface area contributed by atoms with E-state index in [2.05, 4.69) is 39.1 Å². The number of aryl methyl sites for hydroxylation is 1. The van der Waals surface area contributed by atoms with Gasteiger partial charge in [-0.1, -0.05) is 18.2 Å². The topological polar surface area (TPSA) is 29.3 Å². The smallest absolute Gasteiger partial charge is 0.139 e. The van der Waals surface area contributed by atoms with E-state index in [0.717, 1.165) is 38.0 Å². The van der Waals surface area contributed by atoms with Crippen molar-refractivity contribution in [2.75, 3.05) is 6.54 Å². The molecule has 0 saturated carbocycles. The number of fused-ring (bicyclic) bond motifs is 3. The van der Waals surface area contributed by atoms with Gasteiger partial charge in [0.05, 0.1) is 0 Å². The fourth-order valence-corrected chi connectivity index (χ4v) is 3.61. The van der Waals surface area contributed by atoms with Crippen molar-refractivity contribution in [1.82, 2.24) is 9.88 Å². The highest BCUT2D eigenvalue weighted by Gasteiger charge is 2.19. The zero-order valence-corrected chi connectivity index (χ0v) is 12.6. The maximum absolute atomic E-state index is 13.4. The number of benzene rings is 1. The summed E-state index contributed by atoms with van der Waals surface area (Å²) in [6.45, 7) is 2.88. The van der Waals surface area contributed by atoms with Crippen molar-refractivity contribution in [1.29, 1.82) is 0 Å². The lowest BCUT2D eigenvalue weighted by Gasteiger charge is -2.18. The predicted octanol–water partition coefficient (Wildman–Crippen LogP) is 3.37. The minimum absolute atomic E-state index is 0.493. The van der Waals surface area contributed by atoms with Crippen LogP contribution in [0.3, 0.4) is 0 Å². The van der Waals surface area contributed by atoms with Gasteiger partial charge in [-0.2, -0.15) is 0 Å². The van der Waals surface area contributed by atoms with Gasteiger partial charge >= 0.3 is 0 Å². The molecule has 0 spiro atoms. The summed E-state index contributed by atoms with van der Waals surface area (Å²) in [6, 6.07) is 8.60. The first kappa shape index (κ1) is 13.7. The summed E-state index contributed by atoms with van der Waals surface area (Å²) in [6.07, 6.45) is 4.73. The van der Waals surface area contributed by atoms with E-state index < -0.39 is 6.17 Å². The molecule has 2 aliphatic rings. The highest BCUT2D eigenvalue weighted by molar-refractivity contribution is 5.85. The van der Waals surface area contributed by atoms with E-state index >= 15 is 0 Å². The fraction of sp³-hybridized carbons (Fsp3) is 0.389. The van der Waals surface area contributed by atoms with Crippen molar-refractivity contribution in [3.63, 3.8) is 0 Å². The Morgan fingerprint density at radius 3 is 3.14 bits per heavy atom. The molecule has 1 N–H and O–H groups in total. The fourth-order valence-electron chi connectivity index (χ4n) is 3.61. The van der Waals surface area contributed by atoms with Gasteiger partial charge in [0.1, 0.15) is 6.17 Å². The van der Waals surface area contributed by atoms with Crippen molar-refractivity contribution in [2.24, 2.45) is 4.99 Å². The Hall–Kier alpha value is -1.94. The molecule has 0 bridgehead atoms. The molecule has 2 aromatic rings. The molecule has 0 saturated heterocycles. The lowest BCUT2D eigenvalue weighted by atomic mass is 10.1. The van der Waals surface area contributed by atoms with E-state index in [1.165, 1.54) is 28.4 Å². The van der Waals surface area contributed by atoms with Crippen molar-refractivity contribution in [3.8, 4) is 0 Å². The molecule has 1 aromatic carbocycles. The van der Waals surface area contributed by atoms with Crippen LogP contribution in [0.15, 0.2) is 41.0 Å². The number of alkyl halides is 1. The van der Waals surface area contributed by atoms with Gasteiger partial charge in [0.25, 0.3) is 0 Å². The molecule has 0 radical (unpaired) electrons. The van der Waals surface area contributed by atoms with Crippen LogP contribution in [0.25, 0.3) is 10.9 Å². The number of aromatic nitrogens is 1. The number of rotatable bonds is 3. The summed E-state index contributed by atoms with van der Waals surface area (Å²) in [5.41, 5.74) is 5.28. The molecule has 0 fully saturated rings. The predicted molar refractivity (Wildman–Crippen MR) is 88.1 cm³/mol. The normalized spacial score (nSPS) is 21.0. The minimum Gasteiger partial charge on any atom is -0.344 e. The maximum Gasteiger partial charge on any atom is 0.139 e. The molecule has 3 nitrogen and oxygen atoms in total. The van der Waals surface area contributed by atoms with Crippen LogP contribution in [0.1, 0.15) is 24.1 Å². The molecule has 2 aliphatic heterocycles. The summed E-state index contributed by atoms with van der Waals surface area (Å²) in [7, 11) is 0. The molecule has 22 heavy (non-hydrogen) atoms. The highest BCUT2D eigenvalue weighted by atomic mass is 19.1. The Balaban J connectivity index is 1.66. The van der Waals surface area contributed by atoms with Crippen LogP contribution in [0.4, 0.5) is 4.39 Å². The average Bonchev–Trinajstić information content (AvgIpc) is 2.87. The largest absolute Gasteiger partial charge is 0.344 e. The quantitative estimate of drug-likeness (QED) is 0.924. The second-order valence-corrected chi connectivity index (χ2v) is 6.08. The van der Waals surface area contributed by atoms with Gasteiger partial charge in [0.2, 0.25) is 0 Å². The first-order valence-corrected chi connectivity index (χ1v) is 7.98. The van der Waals surface area contributed by atoms with E-state index in [1.807, 2.05) is 6.20 Å². The van der Waals surface area contributed by atoms with Crippen LogP contribution in [-0.4, -0.2) is 23.5 Å². The standard InChI is InChI=1S/C18H20FN3/c19-14-9-13(10-21-11-14)6-8-22-17-4-2-1-3-15(17)16-12-20-7-5-18(16)22/h1-4,10-11,14,20H,5-9,12H2. The molecule has 1 aromatic heterocycles. The Morgan fingerprint density at radius 2 is 2.23 bits per heavy atom. The van der Waals surface area contributed by atoms with Gasteiger partial charge in [-0.05, 0) is 23.6 Å². The van der Waals surface area contributed by atoms with Crippen molar-refractivity contribution in [2.45, 2.75) is 38.5 Å². The molecule has 114 valence electrons. The molecule has 0 aliphatic carbocycles. The number of aliphatic imine (C=N–C) groups is 1. The number of halogens is 1. The summed E-state index contributed by atoms with van der Waals surface area (Å²) in [5, 5.41) is 4.81. The number of allylic oxidation sites excluding steroid dienone is 1. The molecular formula is C18H20FN3. The highest BCUT2D eigenvalue weighted by Crippen LogP contribution is 2.29. The van der Waals surface area contributed by atoms with Gasteiger partial charge in [0, 0.05) is 61.5 Å². The van der Waals surface area contributed by atoms with Gasteiger partial charge in [-0.15, -0.1) is 0 Å². The van der Waals surface area contributed by atoms with E-state index in [0.29, 0.717) is 6.42 Å². The van der Waals surface area contributed by atoms with E-state index in [4.69, 9.17) is 0 Å². The third-order valence-corrected chi connectivity index (χ3v) is 4.65. The van der Waals surface area contributed by atoms with E-state index in [9.17, 15) is 4.39 Å². The number of para-hydroxylation sites is 1. The molecular weight excluding hydrogens is 277 g/mol. The third kappa shape index (κ3) is 2.37. The second-order valence-electron chi connectivity index (χ2n) is 6.08. The molecule has 4 rings (SSSR count). The SMILES string of the molecule is FC1C=NC=C(CCn2c3c(c4ccccc42)CNCC3)C1.